The number of hydrogen-bond donors (Lipinski definition) is 1. The average Bonchev–Trinajstić information content (AvgIpc) is 2.24. The minimum atomic E-state index is -4.32. The van der Waals surface area contributed by atoms with Crippen molar-refractivity contribution in [3.63, 3.8) is 0 Å². The molecule has 5 heteroatoms. The monoisotopic (exact) mass is 247 g/mol. The van der Waals surface area contributed by atoms with Crippen LogP contribution in [0.25, 0.3) is 0 Å². The zero-order valence-electron chi connectivity index (χ0n) is 9.88. The molecule has 2 nitrogen and oxygen atoms in total. The molecule has 0 spiro atoms. The first kappa shape index (κ1) is 13.8. The summed E-state index contributed by atoms with van der Waals surface area (Å²) < 4.78 is 37.7. The van der Waals surface area contributed by atoms with Crippen molar-refractivity contribution >= 4 is 5.69 Å². The van der Waals surface area contributed by atoms with Crippen LogP contribution in [0.3, 0.4) is 0 Å². The summed E-state index contributed by atoms with van der Waals surface area (Å²) in [5, 5.41) is 8.75. The molecular formula is C12H16F3NO. The molecule has 0 aliphatic rings. The number of aryl methyl sites for hydroxylation is 1. The van der Waals surface area contributed by atoms with Gasteiger partial charge in [0.05, 0.1) is 5.56 Å². The molecule has 0 aromatic heterocycles. The van der Waals surface area contributed by atoms with Gasteiger partial charge in [-0.15, -0.1) is 0 Å². The number of halogens is 3. The quantitative estimate of drug-likeness (QED) is 0.884. The van der Waals surface area contributed by atoms with Crippen LogP contribution >= 0.6 is 0 Å². The van der Waals surface area contributed by atoms with E-state index in [0.717, 1.165) is 17.8 Å². The molecule has 17 heavy (non-hydrogen) atoms. The number of aliphatic hydroxyl groups excluding tert-OH is 1. The van der Waals surface area contributed by atoms with Crippen LogP contribution in [0.4, 0.5) is 18.9 Å². The Kier molecular flexibility index (Phi) is 4.40. The van der Waals surface area contributed by atoms with Crippen LogP contribution in [-0.2, 0) is 12.6 Å². The fourth-order valence-corrected chi connectivity index (χ4v) is 1.67. The van der Waals surface area contributed by atoms with Crippen molar-refractivity contribution in [1.82, 2.24) is 0 Å². The molecule has 0 saturated heterocycles. The van der Waals surface area contributed by atoms with E-state index in [4.69, 9.17) is 5.11 Å². The fourth-order valence-electron chi connectivity index (χ4n) is 1.67. The Hall–Kier alpha value is -1.23. The van der Waals surface area contributed by atoms with Gasteiger partial charge >= 0.3 is 6.18 Å². The van der Waals surface area contributed by atoms with Crippen molar-refractivity contribution in [2.75, 3.05) is 25.6 Å². The third kappa shape index (κ3) is 3.63. The topological polar surface area (TPSA) is 23.5 Å². The number of benzene rings is 1. The van der Waals surface area contributed by atoms with Gasteiger partial charge < -0.3 is 10.0 Å². The van der Waals surface area contributed by atoms with Crippen molar-refractivity contribution in [2.24, 2.45) is 0 Å². The minimum absolute atomic E-state index is 0.0247. The first-order chi connectivity index (χ1) is 7.86. The fraction of sp³-hybridized carbons (Fsp3) is 0.500. The van der Waals surface area contributed by atoms with Crippen LogP contribution in [0.1, 0.15) is 17.5 Å². The smallest absolute Gasteiger partial charge is 0.396 e. The van der Waals surface area contributed by atoms with Gasteiger partial charge in [0, 0.05) is 26.4 Å². The summed E-state index contributed by atoms with van der Waals surface area (Å²) in [5.41, 5.74) is 0.723. The molecule has 1 rings (SSSR count). The molecule has 0 radical (unpaired) electrons. The molecule has 0 fully saturated rings. The van der Waals surface area contributed by atoms with Crippen molar-refractivity contribution in [1.29, 1.82) is 0 Å². The second-order valence-corrected chi connectivity index (χ2v) is 4.06. The predicted molar refractivity (Wildman–Crippen MR) is 61.2 cm³/mol. The highest BCUT2D eigenvalue weighted by Gasteiger charge is 2.30. The molecule has 0 aliphatic carbocycles. The molecule has 0 unspecified atom stereocenters. The normalized spacial score (nSPS) is 11.6. The molecule has 0 heterocycles. The van der Waals surface area contributed by atoms with Gasteiger partial charge in [0.15, 0.2) is 0 Å². The molecule has 0 amide bonds. The highest BCUT2D eigenvalue weighted by atomic mass is 19.4. The highest BCUT2D eigenvalue weighted by molar-refractivity contribution is 5.54. The van der Waals surface area contributed by atoms with Crippen LogP contribution in [0.2, 0.25) is 0 Å². The van der Waals surface area contributed by atoms with E-state index in [0.29, 0.717) is 18.4 Å². The Morgan fingerprint density at radius 1 is 1.24 bits per heavy atom. The molecule has 0 saturated carbocycles. The number of aliphatic hydroxyl groups is 1. The summed E-state index contributed by atoms with van der Waals surface area (Å²) in [6, 6.07) is 3.71. The van der Waals surface area contributed by atoms with E-state index in [1.54, 1.807) is 19.0 Å². The Morgan fingerprint density at radius 2 is 1.88 bits per heavy atom. The van der Waals surface area contributed by atoms with Gasteiger partial charge in [-0.1, -0.05) is 0 Å². The van der Waals surface area contributed by atoms with Crippen molar-refractivity contribution in [3.05, 3.63) is 29.3 Å². The van der Waals surface area contributed by atoms with Crippen LogP contribution in [-0.4, -0.2) is 25.8 Å². The first-order valence-corrected chi connectivity index (χ1v) is 5.34. The average molecular weight is 247 g/mol. The summed E-state index contributed by atoms with van der Waals surface area (Å²) in [5.74, 6) is 0. The molecule has 1 aromatic rings. The Bertz CT molecular complexity index is 375. The van der Waals surface area contributed by atoms with E-state index in [2.05, 4.69) is 0 Å². The van der Waals surface area contributed by atoms with Gasteiger partial charge in [-0.25, -0.2) is 0 Å². The van der Waals surface area contributed by atoms with Crippen molar-refractivity contribution in [3.8, 4) is 0 Å². The molecule has 1 aromatic carbocycles. The zero-order chi connectivity index (χ0) is 13.1. The van der Waals surface area contributed by atoms with E-state index in [1.165, 1.54) is 6.07 Å². The van der Waals surface area contributed by atoms with Crippen molar-refractivity contribution in [2.45, 2.75) is 19.0 Å². The molecule has 1 N–H and O–H groups in total. The largest absolute Gasteiger partial charge is 0.416 e. The van der Waals surface area contributed by atoms with Crippen molar-refractivity contribution < 1.29 is 18.3 Å². The van der Waals surface area contributed by atoms with Gasteiger partial charge in [0.25, 0.3) is 0 Å². The summed E-state index contributed by atoms with van der Waals surface area (Å²) in [4.78, 5) is 1.77. The summed E-state index contributed by atoms with van der Waals surface area (Å²) in [6.45, 7) is -0.0247. The van der Waals surface area contributed by atoms with Gasteiger partial charge in [0.2, 0.25) is 0 Å². The second-order valence-electron chi connectivity index (χ2n) is 4.06. The Balaban J connectivity index is 3.10. The lowest BCUT2D eigenvalue weighted by Crippen LogP contribution is -2.13. The third-order valence-electron chi connectivity index (χ3n) is 2.49. The van der Waals surface area contributed by atoms with E-state index in [9.17, 15) is 13.2 Å². The lowest BCUT2D eigenvalue weighted by molar-refractivity contribution is -0.137. The number of hydrogen-bond acceptors (Lipinski definition) is 2. The maximum atomic E-state index is 12.6. The van der Waals surface area contributed by atoms with Crippen LogP contribution in [0.15, 0.2) is 18.2 Å². The standard InChI is InChI=1S/C12H16F3NO/c1-16(2)11-6-5-10(12(13,14)15)8-9(11)4-3-7-17/h5-6,8,17H,3-4,7H2,1-2H3. The van der Waals surface area contributed by atoms with E-state index in [1.807, 2.05) is 0 Å². The first-order valence-electron chi connectivity index (χ1n) is 5.34. The number of rotatable bonds is 4. The van der Waals surface area contributed by atoms with Crippen LogP contribution in [0.5, 0.6) is 0 Å². The SMILES string of the molecule is CN(C)c1ccc(C(F)(F)F)cc1CCCO. The molecular weight excluding hydrogens is 231 g/mol. The van der Waals surface area contributed by atoms with Crippen LogP contribution in [0, 0.1) is 0 Å². The lowest BCUT2D eigenvalue weighted by Gasteiger charge is -2.19. The van der Waals surface area contributed by atoms with Gasteiger partial charge in [0.1, 0.15) is 0 Å². The summed E-state index contributed by atoms with van der Waals surface area (Å²) in [6.07, 6.45) is -3.42. The maximum Gasteiger partial charge on any atom is 0.416 e. The molecule has 96 valence electrons. The molecule has 0 aliphatic heterocycles. The van der Waals surface area contributed by atoms with E-state index in [-0.39, 0.29) is 6.61 Å². The van der Waals surface area contributed by atoms with E-state index < -0.39 is 11.7 Å². The maximum absolute atomic E-state index is 12.6. The zero-order valence-corrected chi connectivity index (χ0v) is 9.88. The number of alkyl halides is 3. The molecule has 0 bridgehead atoms. The minimum Gasteiger partial charge on any atom is -0.396 e. The Labute approximate surface area is 98.7 Å². The molecule has 0 atom stereocenters. The number of anilines is 1. The second kappa shape index (κ2) is 5.40. The lowest BCUT2D eigenvalue weighted by atomic mass is 10.0. The predicted octanol–water partition coefficient (Wildman–Crippen LogP) is 2.70. The van der Waals surface area contributed by atoms with Gasteiger partial charge in [-0.2, -0.15) is 13.2 Å². The van der Waals surface area contributed by atoms with E-state index >= 15 is 0 Å². The highest BCUT2D eigenvalue weighted by Crippen LogP contribution is 2.32. The van der Waals surface area contributed by atoms with Gasteiger partial charge in [-0.3, -0.25) is 0 Å². The third-order valence-corrected chi connectivity index (χ3v) is 2.49. The Morgan fingerprint density at radius 3 is 2.35 bits per heavy atom. The summed E-state index contributed by atoms with van der Waals surface area (Å²) in [7, 11) is 3.57. The van der Waals surface area contributed by atoms with Gasteiger partial charge in [-0.05, 0) is 36.6 Å². The summed E-state index contributed by atoms with van der Waals surface area (Å²) >= 11 is 0. The number of nitrogens with zero attached hydrogens (tertiary/aromatic N) is 1. The van der Waals surface area contributed by atoms with Crippen LogP contribution < -0.4 is 4.90 Å².